The van der Waals surface area contributed by atoms with Gasteiger partial charge in [-0.15, -0.1) is 0 Å². The van der Waals surface area contributed by atoms with E-state index in [1.54, 1.807) is 24.3 Å². The standard InChI is InChI=1S/C17H16O3/c1-3-14-11-15(9-10-16(14)17(18)19-2)20-12-13-7-5-4-6-8-13/h3-11H,1,12H2,2H3. The fourth-order valence-electron chi connectivity index (χ4n) is 1.84. The van der Waals surface area contributed by atoms with Gasteiger partial charge in [-0.1, -0.05) is 43.0 Å². The molecular formula is C17H16O3. The molecule has 0 aliphatic heterocycles. The lowest BCUT2D eigenvalue weighted by Crippen LogP contribution is -2.04. The molecule has 3 heteroatoms. The number of benzene rings is 2. The molecule has 0 unspecified atom stereocenters. The highest BCUT2D eigenvalue weighted by molar-refractivity contribution is 5.93. The molecule has 0 aromatic heterocycles. The Morgan fingerprint density at radius 3 is 2.60 bits per heavy atom. The van der Waals surface area contributed by atoms with Gasteiger partial charge in [0.25, 0.3) is 0 Å². The number of carbonyl (C=O) groups is 1. The summed E-state index contributed by atoms with van der Waals surface area (Å²) < 4.78 is 10.4. The van der Waals surface area contributed by atoms with Crippen molar-refractivity contribution in [3.63, 3.8) is 0 Å². The smallest absolute Gasteiger partial charge is 0.338 e. The van der Waals surface area contributed by atoms with Crippen LogP contribution in [0.25, 0.3) is 6.08 Å². The number of rotatable bonds is 5. The van der Waals surface area contributed by atoms with Crippen molar-refractivity contribution in [2.24, 2.45) is 0 Å². The van der Waals surface area contributed by atoms with Crippen LogP contribution in [0.3, 0.4) is 0 Å². The number of ether oxygens (including phenoxy) is 2. The van der Waals surface area contributed by atoms with E-state index in [9.17, 15) is 4.79 Å². The van der Waals surface area contributed by atoms with Crippen LogP contribution >= 0.6 is 0 Å². The second kappa shape index (κ2) is 6.57. The topological polar surface area (TPSA) is 35.5 Å². The van der Waals surface area contributed by atoms with Gasteiger partial charge in [0.2, 0.25) is 0 Å². The average Bonchev–Trinajstić information content (AvgIpc) is 2.52. The van der Waals surface area contributed by atoms with Crippen molar-refractivity contribution in [3.8, 4) is 5.75 Å². The van der Waals surface area contributed by atoms with Gasteiger partial charge in [-0.3, -0.25) is 0 Å². The number of carbonyl (C=O) groups excluding carboxylic acids is 1. The number of esters is 1. The van der Waals surface area contributed by atoms with Crippen molar-refractivity contribution in [1.29, 1.82) is 0 Å². The van der Waals surface area contributed by atoms with Crippen LogP contribution in [0.15, 0.2) is 55.1 Å². The van der Waals surface area contributed by atoms with E-state index in [4.69, 9.17) is 9.47 Å². The lowest BCUT2D eigenvalue weighted by atomic mass is 10.1. The maximum atomic E-state index is 11.6. The lowest BCUT2D eigenvalue weighted by Gasteiger charge is -2.09. The van der Waals surface area contributed by atoms with Crippen molar-refractivity contribution in [3.05, 3.63) is 71.8 Å². The molecule has 0 saturated carbocycles. The third kappa shape index (κ3) is 3.26. The van der Waals surface area contributed by atoms with Crippen LogP contribution in [0.4, 0.5) is 0 Å². The Morgan fingerprint density at radius 1 is 1.20 bits per heavy atom. The molecule has 0 aliphatic rings. The fraction of sp³-hybridized carbons (Fsp3) is 0.118. The molecule has 0 atom stereocenters. The minimum Gasteiger partial charge on any atom is -0.489 e. The molecule has 0 saturated heterocycles. The van der Waals surface area contributed by atoms with E-state index >= 15 is 0 Å². The van der Waals surface area contributed by atoms with Gasteiger partial charge in [0, 0.05) is 0 Å². The summed E-state index contributed by atoms with van der Waals surface area (Å²) in [5.74, 6) is 0.311. The van der Waals surface area contributed by atoms with Crippen LogP contribution in [0.5, 0.6) is 5.75 Å². The van der Waals surface area contributed by atoms with Crippen molar-refractivity contribution >= 4 is 12.0 Å². The Labute approximate surface area is 118 Å². The highest BCUT2D eigenvalue weighted by Crippen LogP contribution is 2.20. The van der Waals surface area contributed by atoms with E-state index in [-0.39, 0.29) is 5.97 Å². The van der Waals surface area contributed by atoms with E-state index in [0.717, 1.165) is 5.56 Å². The van der Waals surface area contributed by atoms with Crippen LogP contribution in [-0.4, -0.2) is 13.1 Å². The number of methoxy groups -OCH3 is 1. The van der Waals surface area contributed by atoms with Gasteiger partial charge in [-0.05, 0) is 29.3 Å². The van der Waals surface area contributed by atoms with E-state index in [0.29, 0.717) is 23.5 Å². The van der Waals surface area contributed by atoms with E-state index in [1.165, 1.54) is 7.11 Å². The predicted octanol–water partition coefficient (Wildman–Crippen LogP) is 3.70. The normalized spacial score (nSPS) is 9.85. The Morgan fingerprint density at radius 2 is 1.95 bits per heavy atom. The SMILES string of the molecule is C=Cc1cc(OCc2ccccc2)ccc1C(=O)OC. The molecule has 0 aliphatic carbocycles. The first-order chi connectivity index (χ1) is 9.74. The zero-order valence-corrected chi connectivity index (χ0v) is 11.3. The molecule has 0 radical (unpaired) electrons. The van der Waals surface area contributed by atoms with Crippen LogP contribution in [-0.2, 0) is 11.3 Å². The van der Waals surface area contributed by atoms with Crippen molar-refractivity contribution in [2.75, 3.05) is 7.11 Å². The number of hydrogen-bond acceptors (Lipinski definition) is 3. The molecule has 2 aromatic carbocycles. The van der Waals surface area contributed by atoms with Gasteiger partial charge < -0.3 is 9.47 Å². The molecule has 102 valence electrons. The summed E-state index contributed by atoms with van der Waals surface area (Å²) in [6.07, 6.45) is 1.61. The third-order valence-corrected chi connectivity index (χ3v) is 2.90. The summed E-state index contributed by atoms with van der Waals surface area (Å²) >= 11 is 0. The van der Waals surface area contributed by atoms with Gasteiger partial charge in [0.05, 0.1) is 12.7 Å². The molecule has 20 heavy (non-hydrogen) atoms. The highest BCUT2D eigenvalue weighted by atomic mass is 16.5. The largest absolute Gasteiger partial charge is 0.489 e. The molecule has 2 rings (SSSR count). The van der Waals surface area contributed by atoms with Crippen molar-refractivity contribution in [1.82, 2.24) is 0 Å². The molecule has 2 aromatic rings. The zero-order valence-electron chi connectivity index (χ0n) is 11.3. The maximum absolute atomic E-state index is 11.6. The summed E-state index contributed by atoms with van der Waals surface area (Å²) in [6.45, 7) is 4.19. The minimum absolute atomic E-state index is 0.380. The molecule has 0 amide bonds. The first-order valence-electron chi connectivity index (χ1n) is 6.26. The average molecular weight is 268 g/mol. The quantitative estimate of drug-likeness (QED) is 0.776. The first kappa shape index (κ1) is 13.9. The van der Waals surface area contributed by atoms with Gasteiger partial charge in [-0.2, -0.15) is 0 Å². The Bertz CT molecular complexity index is 603. The molecule has 0 spiro atoms. The summed E-state index contributed by atoms with van der Waals surface area (Å²) in [4.78, 5) is 11.6. The Kier molecular flexibility index (Phi) is 4.56. The van der Waals surface area contributed by atoms with E-state index in [1.807, 2.05) is 30.3 Å². The van der Waals surface area contributed by atoms with Crippen LogP contribution < -0.4 is 4.74 Å². The maximum Gasteiger partial charge on any atom is 0.338 e. The first-order valence-corrected chi connectivity index (χ1v) is 6.26. The summed E-state index contributed by atoms with van der Waals surface area (Å²) in [5, 5.41) is 0. The van der Waals surface area contributed by atoms with Gasteiger partial charge in [0.15, 0.2) is 0 Å². The van der Waals surface area contributed by atoms with Crippen molar-refractivity contribution in [2.45, 2.75) is 6.61 Å². The third-order valence-electron chi connectivity index (χ3n) is 2.90. The highest BCUT2D eigenvalue weighted by Gasteiger charge is 2.10. The van der Waals surface area contributed by atoms with Crippen LogP contribution in [0, 0.1) is 0 Å². The van der Waals surface area contributed by atoms with Crippen LogP contribution in [0.2, 0.25) is 0 Å². The molecule has 0 heterocycles. The monoisotopic (exact) mass is 268 g/mol. The van der Waals surface area contributed by atoms with Crippen LogP contribution in [0.1, 0.15) is 21.5 Å². The molecular weight excluding hydrogens is 252 g/mol. The summed E-state index contributed by atoms with van der Waals surface area (Å²) in [6, 6.07) is 15.1. The fourth-order valence-corrected chi connectivity index (χ4v) is 1.84. The lowest BCUT2D eigenvalue weighted by molar-refractivity contribution is 0.0600. The number of hydrogen-bond donors (Lipinski definition) is 0. The molecule has 0 fully saturated rings. The molecule has 0 bridgehead atoms. The van der Waals surface area contributed by atoms with E-state index in [2.05, 4.69) is 6.58 Å². The van der Waals surface area contributed by atoms with Crippen molar-refractivity contribution < 1.29 is 14.3 Å². The second-order valence-corrected chi connectivity index (χ2v) is 4.22. The molecule has 0 N–H and O–H groups in total. The van der Waals surface area contributed by atoms with Gasteiger partial charge >= 0.3 is 5.97 Å². The predicted molar refractivity (Wildman–Crippen MR) is 78.6 cm³/mol. The Hall–Kier alpha value is -2.55. The zero-order chi connectivity index (χ0) is 14.4. The summed E-state index contributed by atoms with van der Waals surface area (Å²) in [7, 11) is 1.36. The molecule has 3 nitrogen and oxygen atoms in total. The Balaban J connectivity index is 2.14. The van der Waals surface area contributed by atoms with Gasteiger partial charge in [0.1, 0.15) is 12.4 Å². The minimum atomic E-state index is -0.380. The second-order valence-electron chi connectivity index (χ2n) is 4.22. The van der Waals surface area contributed by atoms with E-state index < -0.39 is 0 Å². The van der Waals surface area contributed by atoms with Gasteiger partial charge in [-0.25, -0.2) is 4.79 Å². The summed E-state index contributed by atoms with van der Waals surface area (Å²) in [5.41, 5.74) is 2.27.